The number of carbonyl (C=O) groups is 2. The van der Waals surface area contributed by atoms with Crippen LogP contribution < -0.4 is 10.6 Å². The molecule has 0 aliphatic rings. The van der Waals surface area contributed by atoms with Crippen molar-refractivity contribution in [1.82, 2.24) is 14.5 Å². The highest BCUT2D eigenvalue weighted by Crippen LogP contribution is 2.23. The van der Waals surface area contributed by atoms with Gasteiger partial charge in [0.15, 0.2) is 10.9 Å². The van der Waals surface area contributed by atoms with Crippen molar-refractivity contribution in [2.75, 3.05) is 10.6 Å². The number of amides is 2. The molecule has 2 amide bonds. The van der Waals surface area contributed by atoms with E-state index in [1.807, 2.05) is 17.8 Å². The number of nitrogens with zero attached hydrogens (tertiary/aromatic N) is 3. The minimum atomic E-state index is -0.455. The van der Waals surface area contributed by atoms with Crippen LogP contribution in [0.15, 0.2) is 76.7 Å². The van der Waals surface area contributed by atoms with E-state index < -0.39 is 11.8 Å². The maximum absolute atomic E-state index is 12.7. The van der Waals surface area contributed by atoms with Crippen molar-refractivity contribution in [3.05, 3.63) is 89.2 Å². The van der Waals surface area contributed by atoms with Crippen molar-refractivity contribution in [3.63, 3.8) is 0 Å². The fraction of sp³-hybridized carbons (Fsp3) is 0.0909. The smallest absolute Gasteiger partial charge is 0.291 e. The van der Waals surface area contributed by atoms with Crippen molar-refractivity contribution in [2.24, 2.45) is 7.05 Å². The Labute approximate surface area is 193 Å². The second-order valence-corrected chi connectivity index (χ2v) is 8.07. The zero-order valence-electron chi connectivity index (χ0n) is 16.9. The van der Waals surface area contributed by atoms with E-state index >= 15 is 0 Å². The molecule has 3 aromatic heterocycles. The Hall–Kier alpha value is -3.56. The first-order valence-electron chi connectivity index (χ1n) is 9.52. The van der Waals surface area contributed by atoms with Crippen molar-refractivity contribution in [2.45, 2.75) is 10.9 Å². The summed E-state index contributed by atoms with van der Waals surface area (Å²) in [5, 5.41) is 6.73. The lowest BCUT2D eigenvalue weighted by molar-refractivity contribution is 0.0995. The number of aryl methyl sites for hydroxylation is 1. The highest BCUT2D eigenvalue weighted by Gasteiger charge is 2.17. The largest absolute Gasteiger partial charge is 0.455 e. The topological polar surface area (TPSA) is 102 Å². The number of imidazole rings is 1. The molecule has 0 saturated heterocycles. The molecule has 8 nitrogen and oxygen atoms in total. The van der Waals surface area contributed by atoms with Gasteiger partial charge in [0.1, 0.15) is 11.6 Å². The van der Waals surface area contributed by atoms with E-state index in [0.29, 0.717) is 28.0 Å². The Morgan fingerprint density at radius 2 is 1.91 bits per heavy atom. The summed E-state index contributed by atoms with van der Waals surface area (Å²) < 4.78 is 7.58. The van der Waals surface area contributed by atoms with Crippen LogP contribution in [0.1, 0.15) is 26.7 Å². The average Bonchev–Trinajstić information content (AvgIpc) is 3.43. The highest BCUT2D eigenvalue weighted by molar-refractivity contribution is 7.98. The van der Waals surface area contributed by atoms with Crippen LogP contribution >= 0.6 is 23.4 Å². The van der Waals surface area contributed by atoms with Gasteiger partial charge in [0.05, 0.1) is 22.0 Å². The quantitative estimate of drug-likeness (QED) is 0.376. The zero-order chi connectivity index (χ0) is 22.5. The van der Waals surface area contributed by atoms with E-state index in [9.17, 15) is 9.59 Å². The molecule has 0 spiro atoms. The second-order valence-electron chi connectivity index (χ2n) is 6.69. The van der Waals surface area contributed by atoms with Crippen molar-refractivity contribution >= 4 is 46.7 Å². The summed E-state index contributed by atoms with van der Waals surface area (Å²) in [4.78, 5) is 33.7. The summed E-state index contributed by atoms with van der Waals surface area (Å²) in [6.45, 7) is 0. The summed E-state index contributed by atoms with van der Waals surface area (Å²) in [6, 6.07) is 13.2. The molecule has 0 aliphatic carbocycles. The van der Waals surface area contributed by atoms with Gasteiger partial charge in [0.25, 0.3) is 11.8 Å². The van der Waals surface area contributed by atoms with Gasteiger partial charge in [-0.05, 0) is 36.4 Å². The molecule has 3 heterocycles. The fourth-order valence-electron chi connectivity index (χ4n) is 2.81. The van der Waals surface area contributed by atoms with E-state index in [2.05, 4.69) is 20.6 Å². The number of aromatic nitrogens is 3. The molecule has 4 aromatic rings. The van der Waals surface area contributed by atoms with Crippen molar-refractivity contribution in [3.8, 4) is 0 Å². The van der Waals surface area contributed by atoms with Gasteiger partial charge < -0.3 is 19.6 Å². The van der Waals surface area contributed by atoms with Gasteiger partial charge in [-0.15, -0.1) is 0 Å². The van der Waals surface area contributed by atoms with Gasteiger partial charge in [0.2, 0.25) is 0 Å². The Morgan fingerprint density at radius 1 is 1.06 bits per heavy atom. The molecule has 0 fully saturated rings. The van der Waals surface area contributed by atoms with Crippen LogP contribution in [0.5, 0.6) is 0 Å². The number of anilines is 2. The van der Waals surface area contributed by atoms with Gasteiger partial charge >= 0.3 is 0 Å². The van der Waals surface area contributed by atoms with Crippen LogP contribution in [0, 0.1) is 0 Å². The SMILES string of the molecule is Cn1ccnc1SCc1ccc(C(=O)Nc2ccccc2C(=O)Nc2ccc(Cl)cn2)o1. The summed E-state index contributed by atoms with van der Waals surface area (Å²) in [5.41, 5.74) is 0.638. The molecular formula is C22H18ClN5O3S. The molecule has 0 aliphatic heterocycles. The first-order chi connectivity index (χ1) is 15.5. The van der Waals surface area contributed by atoms with Crippen LogP contribution in [0.3, 0.4) is 0 Å². The third-order valence-electron chi connectivity index (χ3n) is 4.39. The Bertz CT molecular complexity index is 1250. The molecule has 2 N–H and O–H groups in total. The van der Waals surface area contributed by atoms with Crippen molar-refractivity contribution < 1.29 is 14.0 Å². The predicted octanol–water partition coefficient (Wildman–Crippen LogP) is 4.86. The summed E-state index contributed by atoms with van der Waals surface area (Å²) in [5.74, 6) is 0.801. The van der Waals surface area contributed by atoms with Gasteiger partial charge in [-0.1, -0.05) is 35.5 Å². The highest BCUT2D eigenvalue weighted by atomic mass is 35.5. The number of para-hydroxylation sites is 1. The number of furan rings is 1. The third kappa shape index (κ3) is 5.19. The maximum atomic E-state index is 12.7. The Morgan fingerprint density at radius 3 is 2.66 bits per heavy atom. The van der Waals surface area contributed by atoms with Crippen LogP contribution in [0.2, 0.25) is 5.02 Å². The fourth-order valence-corrected chi connectivity index (χ4v) is 3.75. The molecule has 0 unspecified atom stereocenters. The number of carbonyl (C=O) groups excluding carboxylic acids is 2. The van der Waals surface area contributed by atoms with Crippen LogP contribution in [-0.2, 0) is 12.8 Å². The number of nitrogens with one attached hydrogen (secondary N) is 2. The molecule has 10 heteroatoms. The Kier molecular flexibility index (Phi) is 6.58. The lowest BCUT2D eigenvalue weighted by Crippen LogP contribution is -2.18. The molecular weight excluding hydrogens is 450 g/mol. The average molecular weight is 468 g/mol. The number of pyridine rings is 1. The number of hydrogen-bond donors (Lipinski definition) is 2. The van der Waals surface area contributed by atoms with Crippen LogP contribution in [-0.4, -0.2) is 26.3 Å². The van der Waals surface area contributed by atoms with Gasteiger partial charge in [0, 0.05) is 25.6 Å². The van der Waals surface area contributed by atoms with Gasteiger partial charge in [-0.25, -0.2) is 9.97 Å². The summed E-state index contributed by atoms with van der Waals surface area (Å²) >= 11 is 7.33. The minimum Gasteiger partial charge on any atom is -0.455 e. The van der Waals surface area contributed by atoms with E-state index in [0.717, 1.165) is 5.16 Å². The summed E-state index contributed by atoms with van der Waals surface area (Å²) in [6.07, 6.45) is 5.02. The molecule has 1 aromatic carbocycles. The van der Waals surface area contributed by atoms with E-state index in [1.54, 1.807) is 54.7 Å². The van der Waals surface area contributed by atoms with Crippen LogP contribution in [0.4, 0.5) is 11.5 Å². The van der Waals surface area contributed by atoms with E-state index in [-0.39, 0.29) is 11.3 Å². The Balaban J connectivity index is 1.42. The zero-order valence-corrected chi connectivity index (χ0v) is 18.5. The standard InChI is InChI=1S/C22H18ClN5O3S/c1-28-11-10-24-22(28)32-13-15-7-8-18(31-15)21(30)26-17-5-3-2-4-16(17)20(29)27-19-9-6-14(23)12-25-19/h2-12H,13H2,1H3,(H,26,30)(H,25,27,29). The molecule has 162 valence electrons. The van der Waals surface area contributed by atoms with E-state index in [4.69, 9.17) is 16.0 Å². The number of hydrogen-bond acceptors (Lipinski definition) is 6. The predicted molar refractivity (Wildman–Crippen MR) is 123 cm³/mol. The summed E-state index contributed by atoms with van der Waals surface area (Å²) in [7, 11) is 1.91. The molecule has 4 rings (SSSR count). The second kappa shape index (κ2) is 9.71. The molecule has 0 saturated carbocycles. The lowest BCUT2D eigenvalue weighted by atomic mass is 10.1. The lowest BCUT2D eigenvalue weighted by Gasteiger charge is -2.10. The minimum absolute atomic E-state index is 0.148. The molecule has 32 heavy (non-hydrogen) atoms. The monoisotopic (exact) mass is 467 g/mol. The van der Waals surface area contributed by atoms with E-state index in [1.165, 1.54) is 18.0 Å². The molecule has 0 bridgehead atoms. The molecule has 0 radical (unpaired) electrons. The van der Waals surface area contributed by atoms with Crippen LogP contribution in [0.25, 0.3) is 0 Å². The van der Waals surface area contributed by atoms with Crippen molar-refractivity contribution in [1.29, 1.82) is 0 Å². The first-order valence-corrected chi connectivity index (χ1v) is 10.9. The third-order valence-corrected chi connectivity index (χ3v) is 5.70. The molecule has 0 atom stereocenters. The number of thioether (sulfide) groups is 1. The number of benzene rings is 1. The maximum Gasteiger partial charge on any atom is 0.291 e. The van der Waals surface area contributed by atoms with Gasteiger partial charge in [-0.3, -0.25) is 9.59 Å². The first kappa shape index (κ1) is 21.7. The van der Waals surface area contributed by atoms with Gasteiger partial charge in [-0.2, -0.15) is 0 Å². The normalized spacial score (nSPS) is 10.7. The number of rotatable bonds is 7. The number of halogens is 1.